The minimum atomic E-state index is -1.63. The molecular weight excluding hydrogens is 514 g/mol. The summed E-state index contributed by atoms with van der Waals surface area (Å²) in [6, 6.07) is 3.31. The molecule has 0 bridgehead atoms. The second-order valence-electron chi connectivity index (χ2n) is 8.92. The van der Waals surface area contributed by atoms with Crippen LogP contribution in [-0.4, -0.2) is 53.5 Å². The number of carbonyl (C=O) groups is 3. The number of anilines is 1. The summed E-state index contributed by atoms with van der Waals surface area (Å²) < 4.78 is 65.6. The van der Waals surface area contributed by atoms with E-state index in [9.17, 15) is 37.1 Å². The number of benzene rings is 2. The van der Waals surface area contributed by atoms with Gasteiger partial charge in [0.1, 0.15) is 24.0 Å². The molecular formula is C25H23F4N3O6. The summed E-state index contributed by atoms with van der Waals surface area (Å²) in [5.74, 6) is -9.28. The van der Waals surface area contributed by atoms with Crippen LogP contribution in [0.2, 0.25) is 0 Å². The predicted octanol–water partition coefficient (Wildman–Crippen LogP) is 3.52. The van der Waals surface area contributed by atoms with Gasteiger partial charge in [0, 0.05) is 25.1 Å². The fraction of sp³-hybridized carbons (Fsp3) is 0.360. The number of carboxylic acid groups (broad SMARTS) is 1. The Labute approximate surface area is 213 Å². The first-order chi connectivity index (χ1) is 18.0. The summed E-state index contributed by atoms with van der Waals surface area (Å²) in [6.45, 7) is 0.887. The van der Waals surface area contributed by atoms with E-state index in [1.54, 1.807) is 4.90 Å². The van der Waals surface area contributed by atoms with Crippen molar-refractivity contribution in [3.05, 3.63) is 53.1 Å². The van der Waals surface area contributed by atoms with E-state index in [0.717, 1.165) is 0 Å². The molecule has 1 saturated heterocycles. The normalized spacial score (nSPS) is 14.9. The van der Waals surface area contributed by atoms with Crippen LogP contribution < -0.4 is 15.0 Å². The van der Waals surface area contributed by atoms with Crippen LogP contribution in [0.15, 0.2) is 28.7 Å². The fourth-order valence-electron chi connectivity index (χ4n) is 4.14. The lowest BCUT2D eigenvalue weighted by atomic mass is 9.95. The van der Waals surface area contributed by atoms with Gasteiger partial charge < -0.3 is 24.5 Å². The summed E-state index contributed by atoms with van der Waals surface area (Å²) in [5.41, 5.74) is 0.509. The number of carboxylic acids is 1. The Hall–Kier alpha value is -4.16. The number of fused-ring (bicyclic) bond motifs is 1. The molecule has 2 N–H and O–H groups in total. The van der Waals surface area contributed by atoms with Gasteiger partial charge in [-0.3, -0.25) is 14.4 Å². The van der Waals surface area contributed by atoms with Crippen molar-refractivity contribution >= 4 is 34.8 Å². The highest BCUT2D eigenvalue weighted by Gasteiger charge is 2.31. The quantitative estimate of drug-likeness (QED) is 0.314. The zero-order valence-electron chi connectivity index (χ0n) is 20.1. The zero-order chi connectivity index (χ0) is 27.6. The number of piperidine rings is 1. The number of Topliss-reactive ketones (excluding diaryl/α,β-unsaturated/α-hetero) is 1. The second kappa shape index (κ2) is 11.1. The molecule has 1 aromatic heterocycles. The zero-order valence-corrected chi connectivity index (χ0v) is 20.1. The number of nitrogens with zero attached hydrogens (tertiary/aromatic N) is 2. The molecule has 1 aliphatic rings. The summed E-state index contributed by atoms with van der Waals surface area (Å²) >= 11 is 0. The number of ether oxygens (including phenoxy) is 1. The van der Waals surface area contributed by atoms with Crippen molar-refractivity contribution in [3.63, 3.8) is 0 Å². The number of halogens is 4. The van der Waals surface area contributed by atoms with Gasteiger partial charge in [-0.25, -0.2) is 13.2 Å². The van der Waals surface area contributed by atoms with Crippen molar-refractivity contribution in [2.24, 2.45) is 5.92 Å². The van der Waals surface area contributed by atoms with Crippen molar-refractivity contribution in [1.82, 2.24) is 10.3 Å². The van der Waals surface area contributed by atoms with Gasteiger partial charge in [0.25, 0.3) is 6.01 Å². The Morgan fingerprint density at radius 3 is 2.55 bits per heavy atom. The Balaban J connectivity index is 1.36. The Morgan fingerprint density at radius 2 is 1.87 bits per heavy atom. The first kappa shape index (κ1) is 26.9. The maximum atomic E-state index is 14.2. The summed E-state index contributed by atoms with van der Waals surface area (Å²) in [5, 5.41) is 11.6. The maximum Gasteiger partial charge on any atom is 0.305 e. The third-order valence-electron chi connectivity index (χ3n) is 6.22. The van der Waals surface area contributed by atoms with Crippen LogP contribution >= 0.6 is 0 Å². The van der Waals surface area contributed by atoms with E-state index in [2.05, 4.69) is 10.3 Å². The van der Waals surface area contributed by atoms with Crippen molar-refractivity contribution in [3.8, 4) is 5.75 Å². The highest BCUT2D eigenvalue weighted by Crippen LogP contribution is 2.28. The van der Waals surface area contributed by atoms with Gasteiger partial charge in [0.15, 0.2) is 28.8 Å². The smallest absolute Gasteiger partial charge is 0.305 e. The van der Waals surface area contributed by atoms with Crippen LogP contribution in [0.5, 0.6) is 5.75 Å². The topological polar surface area (TPSA) is 122 Å². The van der Waals surface area contributed by atoms with Crippen LogP contribution in [0, 0.1) is 36.1 Å². The van der Waals surface area contributed by atoms with Crippen molar-refractivity contribution < 1.29 is 46.2 Å². The van der Waals surface area contributed by atoms with Gasteiger partial charge in [-0.15, -0.1) is 0 Å². The highest BCUT2D eigenvalue weighted by molar-refractivity contribution is 5.93. The van der Waals surface area contributed by atoms with Gasteiger partial charge in [-0.2, -0.15) is 9.37 Å². The number of aryl methyl sites for hydroxylation is 1. The molecule has 38 heavy (non-hydrogen) atoms. The van der Waals surface area contributed by atoms with E-state index in [-0.39, 0.29) is 11.6 Å². The number of hydrogen-bond acceptors (Lipinski definition) is 7. The summed E-state index contributed by atoms with van der Waals surface area (Å²) in [4.78, 5) is 42.7. The number of oxazole rings is 1. The number of ketones is 1. The molecule has 1 amide bonds. The molecule has 0 aliphatic carbocycles. The van der Waals surface area contributed by atoms with E-state index < -0.39 is 71.7 Å². The molecule has 0 saturated carbocycles. The third kappa shape index (κ3) is 5.87. The van der Waals surface area contributed by atoms with Crippen LogP contribution in [0.25, 0.3) is 11.1 Å². The van der Waals surface area contributed by atoms with E-state index >= 15 is 0 Å². The van der Waals surface area contributed by atoms with E-state index in [4.69, 9.17) is 9.15 Å². The Bertz CT molecular complexity index is 1360. The largest absolute Gasteiger partial charge is 0.481 e. The van der Waals surface area contributed by atoms with E-state index in [1.165, 1.54) is 25.1 Å². The average Bonchev–Trinajstić information content (AvgIpc) is 3.30. The Morgan fingerprint density at radius 1 is 1.16 bits per heavy atom. The molecule has 1 atom stereocenters. The van der Waals surface area contributed by atoms with Gasteiger partial charge in [0.05, 0.1) is 6.42 Å². The SMILES string of the molecule is Cc1cc(F)c(F)c(OCC(=O)[C@H](CC(=O)O)NC(=O)C2CCN(c3nc4cc(F)ccc4o3)CC2)c1F. The molecule has 0 unspecified atom stereocenters. The maximum absolute atomic E-state index is 14.2. The van der Waals surface area contributed by atoms with Crippen LogP contribution in [0.4, 0.5) is 23.6 Å². The predicted molar refractivity (Wildman–Crippen MR) is 125 cm³/mol. The van der Waals surface area contributed by atoms with Crippen LogP contribution in [0.1, 0.15) is 24.8 Å². The first-order valence-corrected chi connectivity index (χ1v) is 11.7. The Kier molecular flexibility index (Phi) is 7.83. The minimum absolute atomic E-state index is 0.252. The number of amides is 1. The lowest BCUT2D eigenvalue weighted by molar-refractivity contribution is -0.141. The fourth-order valence-corrected chi connectivity index (χ4v) is 4.14. The molecule has 0 spiro atoms. The lowest BCUT2D eigenvalue weighted by Gasteiger charge is -2.30. The third-order valence-corrected chi connectivity index (χ3v) is 6.22. The molecule has 4 rings (SSSR count). The molecule has 2 aromatic carbocycles. The molecule has 1 aliphatic heterocycles. The first-order valence-electron chi connectivity index (χ1n) is 11.7. The van der Waals surface area contributed by atoms with Crippen LogP contribution in [0.3, 0.4) is 0 Å². The molecule has 3 aromatic rings. The number of aliphatic carboxylic acids is 1. The number of aromatic nitrogens is 1. The molecule has 0 radical (unpaired) electrons. The van der Waals surface area contributed by atoms with E-state index in [1.807, 2.05) is 0 Å². The van der Waals surface area contributed by atoms with Gasteiger partial charge in [-0.05, 0) is 43.5 Å². The van der Waals surface area contributed by atoms with Crippen molar-refractivity contribution in [2.75, 3.05) is 24.6 Å². The van der Waals surface area contributed by atoms with Gasteiger partial charge in [0.2, 0.25) is 11.7 Å². The van der Waals surface area contributed by atoms with E-state index in [0.29, 0.717) is 43.1 Å². The summed E-state index contributed by atoms with van der Waals surface area (Å²) in [7, 11) is 0. The van der Waals surface area contributed by atoms with Gasteiger partial charge in [-0.1, -0.05) is 0 Å². The lowest BCUT2D eigenvalue weighted by Crippen LogP contribution is -2.48. The number of nitrogens with one attached hydrogen (secondary N) is 1. The number of rotatable bonds is 9. The highest BCUT2D eigenvalue weighted by atomic mass is 19.2. The molecule has 9 nitrogen and oxygen atoms in total. The molecule has 13 heteroatoms. The summed E-state index contributed by atoms with van der Waals surface area (Å²) in [6.07, 6.45) is -0.149. The minimum Gasteiger partial charge on any atom is -0.481 e. The number of hydrogen-bond donors (Lipinski definition) is 2. The number of carbonyl (C=O) groups excluding carboxylic acids is 2. The molecule has 1 fully saturated rings. The van der Waals surface area contributed by atoms with Crippen molar-refractivity contribution in [1.29, 1.82) is 0 Å². The average molecular weight is 537 g/mol. The van der Waals surface area contributed by atoms with Crippen molar-refractivity contribution in [2.45, 2.75) is 32.2 Å². The molecule has 2 heterocycles. The molecule has 202 valence electrons. The second-order valence-corrected chi connectivity index (χ2v) is 8.92. The standard InChI is InChI=1S/C25H23F4N3O6/c1-12-8-15(27)22(29)23(21(12)28)37-11-18(33)16(10-20(34)35)30-24(36)13-4-6-32(7-5-13)25-31-17-9-14(26)2-3-19(17)38-25/h2-3,8-9,13,16H,4-7,10-11H2,1H3,(H,30,36)(H,34,35)/t16-/m0/s1. The monoisotopic (exact) mass is 537 g/mol. The van der Waals surface area contributed by atoms with Gasteiger partial charge >= 0.3 is 5.97 Å². The van der Waals surface area contributed by atoms with Crippen LogP contribution in [-0.2, 0) is 14.4 Å².